The van der Waals surface area contributed by atoms with Gasteiger partial charge in [0.15, 0.2) is 0 Å². The van der Waals surface area contributed by atoms with Gasteiger partial charge in [0.1, 0.15) is 5.75 Å². The van der Waals surface area contributed by atoms with Crippen molar-refractivity contribution in [2.24, 2.45) is 0 Å². The molecule has 0 saturated carbocycles. The van der Waals surface area contributed by atoms with E-state index < -0.39 is 12.0 Å². The number of methoxy groups -OCH3 is 1. The molecule has 1 aliphatic heterocycles. The summed E-state index contributed by atoms with van der Waals surface area (Å²) in [6, 6.07) is 15.5. The maximum atomic E-state index is 12.8. The number of nitrogens with one attached hydrogen (secondary N) is 1. The molecule has 1 heterocycles. The maximum absolute atomic E-state index is 12.8. The number of amides is 2. The first-order chi connectivity index (χ1) is 13.1. The van der Waals surface area contributed by atoms with Crippen molar-refractivity contribution in [3.8, 4) is 5.75 Å². The lowest BCUT2D eigenvalue weighted by Crippen LogP contribution is -2.48. The third-order valence-electron chi connectivity index (χ3n) is 4.44. The Balaban J connectivity index is 2.09. The molecule has 0 fully saturated rings. The zero-order valence-corrected chi connectivity index (χ0v) is 15.6. The van der Waals surface area contributed by atoms with Gasteiger partial charge in [-0.15, -0.1) is 0 Å². The van der Waals surface area contributed by atoms with Crippen LogP contribution in [-0.2, 0) is 9.53 Å². The predicted octanol–water partition coefficient (Wildman–Crippen LogP) is 3.80. The van der Waals surface area contributed by atoms with Crippen LogP contribution in [0.3, 0.4) is 0 Å². The van der Waals surface area contributed by atoms with Gasteiger partial charge >= 0.3 is 12.0 Å². The topological polar surface area (TPSA) is 67.9 Å². The number of rotatable bonds is 5. The largest absolute Gasteiger partial charge is 0.497 e. The molecule has 2 amide bonds. The van der Waals surface area contributed by atoms with Gasteiger partial charge < -0.3 is 14.8 Å². The van der Waals surface area contributed by atoms with Gasteiger partial charge in [0.05, 0.1) is 31.0 Å². The number of benzene rings is 2. The van der Waals surface area contributed by atoms with Crippen molar-refractivity contribution in [3.05, 3.63) is 71.4 Å². The molecule has 0 spiro atoms. The SMILES string of the molecule is CCOC(=O)C1=C(C)N(c2ccccc2)C(=O)N[C@H]1c1ccc(OC)cc1. The van der Waals surface area contributed by atoms with Crippen LogP contribution >= 0.6 is 0 Å². The lowest BCUT2D eigenvalue weighted by Gasteiger charge is -2.35. The number of anilines is 1. The molecule has 1 N–H and O–H groups in total. The normalized spacial score (nSPS) is 16.8. The van der Waals surface area contributed by atoms with E-state index in [2.05, 4.69) is 5.32 Å². The average Bonchev–Trinajstić information content (AvgIpc) is 2.68. The lowest BCUT2D eigenvalue weighted by atomic mass is 9.94. The molecule has 140 valence electrons. The molecular weight excluding hydrogens is 344 g/mol. The molecule has 6 heteroatoms. The summed E-state index contributed by atoms with van der Waals surface area (Å²) < 4.78 is 10.5. The Labute approximate surface area is 158 Å². The number of carbonyl (C=O) groups excluding carboxylic acids is 2. The van der Waals surface area contributed by atoms with Crippen LogP contribution in [0.1, 0.15) is 25.5 Å². The zero-order chi connectivity index (χ0) is 19.4. The van der Waals surface area contributed by atoms with Crippen LogP contribution < -0.4 is 15.0 Å². The molecule has 6 nitrogen and oxygen atoms in total. The summed E-state index contributed by atoms with van der Waals surface area (Å²) in [6.45, 7) is 3.77. The first-order valence-corrected chi connectivity index (χ1v) is 8.74. The summed E-state index contributed by atoms with van der Waals surface area (Å²) in [4.78, 5) is 27.1. The maximum Gasteiger partial charge on any atom is 0.338 e. The van der Waals surface area contributed by atoms with Crippen LogP contribution in [0.15, 0.2) is 65.9 Å². The highest BCUT2D eigenvalue weighted by Gasteiger charge is 2.37. The molecule has 0 aromatic heterocycles. The van der Waals surface area contributed by atoms with Gasteiger partial charge in [-0.2, -0.15) is 0 Å². The van der Waals surface area contributed by atoms with Crippen LogP contribution in [0, 0.1) is 0 Å². The highest BCUT2D eigenvalue weighted by Crippen LogP contribution is 2.34. The monoisotopic (exact) mass is 366 g/mol. The van der Waals surface area contributed by atoms with Crippen LogP contribution in [0.4, 0.5) is 10.5 Å². The minimum absolute atomic E-state index is 0.254. The third kappa shape index (κ3) is 3.65. The minimum Gasteiger partial charge on any atom is -0.497 e. The van der Waals surface area contributed by atoms with Crippen molar-refractivity contribution in [1.29, 1.82) is 0 Å². The number of hydrogen-bond donors (Lipinski definition) is 1. The van der Waals surface area contributed by atoms with Crippen molar-refractivity contribution in [3.63, 3.8) is 0 Å². The van der Waals surface area contributed by atoms with Gasteiger partial charge in [-0.1, -0.05) is 30.3 Å². The molecule has 0 aliphatic carbocycles. The van der Waals surface area contributed by atoms with E-state index in [0.717, 1.165) is 5.56 Å². The second kappa shape index (κ2) is 7.95. The fourth-order valence-corrected chi connectivity index (χ4v) is 3.15. The van der Waals surface area contributed by atoms with E-state index in [0.29, 0.717) is 22.7 Å². The molecule has 2 aromatic rings. The standard InChI is InChI=1S/C21H22N2O4/c1-4-27-20(24)18-14(2)23(16-8-6-5-7-9-16)21(25)22-19(18)15-10-12-17(26-3)13-11-15/h5-13,19H,4H2,1-3H3,(H,22,25)/t19-/m0/s1. The summed E-state index contributed by atoms with van der Waals surface area (Å²) in [5, 5.41) is 2.93. The number of para-hydroxylation sites is 1. The second-order valence-electron chi connectivity index (χ2n) is 6.05. The van der Waals surface area contributed by atoms with E-state index in [-0.39, 0.29) is 12.6 Å². The van der Waals surface area contributed by atoms with Gasteiger partial charge in [-0.3, -0.25) is 4.90 Å². The molecule has 1 atom stereocenters. The molecule has 1 aliphatic rings. The van der Waals surface area contributed by atoms with Crippen LogP contribution in [0.25, 0.3) is 0 Å². The molecular formula is C21H22N2O4. The van der Waals surface area contributed by atoms with Crippen LogP contribution in [-0.4, -0.2) is 25.7 Å². The van der Waals surface area contributed by atoms with E-state index >= 15 is 0 Å². The van der Waals surface area contributed by atoms with Crippen LogP contribution in [0.5, 0.6) is 5.75 Å². The number of esters is 1. The molecule has 0 bridgehead atoms. The fourth-order valence-electron chi connectivity index (χ4n) is 3.15. The molecule has 27 heavy (non-hydrogen) atoms. The van der Waals surface area contributed by atoms with Gasteiger partial charge in [0.25, 0.3) is 0 Å². The molecule has 3 rings (SSSR count). The number of ether oxygens (including phenoxy) is 2. The average molecular weight is 366 g/mol. The minimum atomic E-state index is -0.595. The number of hydrogen-bond acceptors (Lipinski definition) is 4. The van der Waals surface area contributed by atoms with Crippen molar-refractivity contribution in [2.75, 3.05) is 18.6 Å². The Bertz CT molecular complexity index is 860. The Morgan fingerprint density at radius 3 is 2.37 bits per heavy atom. The summed E-state index contributed by atoms with van der Waals surface area (Å²) in [6.07, 6.45) is 0. The Hall–Kier alpha value is -3.28. The highest BCUT2D eigenvalue weighted by atomic mass is 16.5. The van der Waals surface area contributed by atoms with Crippen molar-refractivity contribution in [2.45, 2.75) is 19.9 Å². The Morgan fingerprint density at radius 2 is 1.78 bits per heavy atom. The van der Waals surface area contributed by atoms with Crippen molar-refractivity contribution >= 4 is 17.7 Å². The third-order valence-corrected chi connectivity index (χ3v) is 4.44. The molecule has 0 unspecified atom stereocenters. The van der Waals surface area contributed by atoms with E-state index in [9.17, 15) is 9.59 Å². The van der Waals surface area contributed by atoms with Crippen LogP contribution in [0.2, 0.25) is 0 Å². The number of allylic oxidation sites excluding steroid dienone is 1. The predicted molar refractivity (Wildman–Crippen MR) is 103 cm³/mol. The van der Waals surface area contributed by atoms with Gasteiger partial charge in [-0.25, -0.2) is 9.59 Å². The fraction of sp³-hybridized carbons (Fsp3) is 0.238. The summed E-state index contributed by atoms with van der Waals surface area (Å²) in [5.74, 6) is 0.252. The van der Waals surface area contributed by atoms with E-state index in [1.54, 1.807) is 33.1 Å². The van der Waals surface area contributed by atoms with Gasteiger partial charge in [0, 0.05) is 5.70 Å². The Kier molecular flexibility index (Phi) is 5.45. The first-order valence-electron chi connectivity index (χ1n) is 8.74. The summed E-state index contributed by atoms with van der Waals surface area (Å²) in [7, 11) is 1.59. The molecule has 0 radical (unpaired) electrons. The van der Waals surface area contributed by atoms with Gasteiger partial charge in [-0.05, 0) is 43.7 Å². The van der Waals surface area contributed by atoms with Crippen molar-refractivity contribution in [1.82, 2.24) is 5.32 Å². The quantitative estimate of drug-likeness (QED) is 0.817. The van der Waals surface area contributed by atoms with E-state index in [1.807, 2.05) is 42.5 Å². The number of carbonyl (C=O) groups is 2. The van der Waals surface area contributed by atoms with Gasteiger partial charge in [0.2, 0.25) is 0 Å². The Morgan fingerprint density at radius 1 is 1.11 bits per heavy atom. The first kappa shape index (κ1) is 18.5. The summed E-state index contributed by atoms with van der Waals surface area (Å²) in [5.41, 5.74) is 2.41. The summed E-state index contributed by atoms with van der Waals surface area (Å²) >= 11 is 0. The smallest absolute Gasteiger partial charge is 0.338 e. The number of urea groups is 1. The van der Waals surface area contributed by atoms with Crippen molar-refractivity contribution < 1.29 is 19.1 Å². The van der Waals surface area contributed by atoms with E-state index in [4.69, 9.17) is 9.47 Å². The molecule has 0 saturated heterocycles. The molecule has 2 aromatic carbocycles. The lowest BCUT2D eigenvalue weighted by molar-refractivity contribution is -0.139. The van der Waals surface area contributed by atoms with E-state index in [1.165, 1.54) is 4.90 Å². The zero-order valence-electron chi connectivity index (χ0n) is 15.6. The second-order valence-corrected chi connectivity index (χ2v) is 6.05. The highest BCUT2D eigenvalue weighted by molar-refractivity contribution is 6.03. The number of nitrogens with zero attached hydrogens (tertiary/aromatic N) is 1.